The van der Waals surface area contributed by atoms with Gasteiger partial charge in [0.05, 0.1) is 17.8 Å². The number of rotatable bonds is 4. The van der Waals surface area contributed by atoms with Crippen molar-refractivity contribution < 1.29 is 5.11 Å². The maximum Gasteiger partial charge on any atom is 0.135 e. The minimum atomic E-state index is -0.0175. The van der Waals surface area contributed by atoms with Crippen LogP contribution in [-0.2, 0) is 5.41 Å². The van der Waals surface area contributed by atoms with Crippen molar-refractivity contribution in [1.82, 2.24) is 14.8 Å². The molecule has 116 valence electrons. The number of nitrogens with zero attached hydrogens (tertiary/aromatic N) is 3. The summed E-state index contributed by atoms with van der Waals surface area (Å²) in [6.07, 6.45) is 0. The summed E-state index contributed by atoms with van der Waals surface area (Å²) in [5.74, 6) is 0.637. The van der Waals surface area contributed by atoms with Crippen LogP contribution in [0.4, 0.5) is 0 Å². The van der Waals surface area contributed by atoms with E-state index in [0.717, 1.165) is 23.8 Å². The van der Waals surface area contributed by atoms with Crippen molar-refractivity contribution in [3.8, 4) is 0 Å². The first-order valence-corrected chi connectivity index (χ1v) is 7.95. The first-order valence-electron chi connectivity index (χ1n) is 7.07. The molecule has 1 aliphatic heterocycles. The van der Waals surface area contributed by atoms with Crippen LogP contribution in [0, 0.1) is 5.41 Å². The fourth-order valence-corrected chi connectivity index (χ4v) is 3.22. The highest BCUT2D eigenvalue weighted by molar-refractivity contribution is 7.11. The van der Waals surface area contributed by atoms with E-state index in [1.165, 1.54) is 11.3 Å². The maximum atomic E-state index is 10.2. The van der Waals surface area contributed by atoms with Gasteiger partial charge in [0.25, 0.3) is 0 Å². The molecule has 0 saturated carbocycles. The second-order valence-electron chi connectivity index (χ2n) is 6.68. The number of amidine groups is 1. The van der Waals surface area contributed by atoms with Gasteiger partial charge < -0.3 is 14.9 Å². The summed E-state index contributed by atoms with van der Waals surface area (Å²) in [5, 5.41) is 21.3. The summed E-state index contributed by atoms with van der Waals surface area (Å²) in [4.78, 5) is 8.58. The molecular formula is C15H24N4OS. The number of hydrogen-bond donors (Lipinski definition) is 2. The van der Waals surface area contributed by atoms with E-state index in [1.54, 1.807) is 0 Å². The summed E-state index contributed by atoms with van der Waals surface area (Å²) in [7, 11) is 4.01. The Bertz CT molecular complexity index is 568. The van der Waals surface area contributed by atoms with E-state index in [-0.39, 0.29) is 11.2 Å². The minimum absolute atomic E-state index is 0.0175. The highest BCUT2D eigenvalue weighted by atomic mass is 32.1. The lowest BCUT2D eigenvalue weighted by Crippen LogP contribution is -2.33. The molecule has 0 bridgehead atoms. The van der Waals surface area contributed by atoms with Crippen molar-refractivity contribution in [3.63, 3.8) is 0 Å². The van der Waals surface area contributed by atoms with Gasteiger partial charge in [-0.1, -0.05) is 20.8 Å². The van der Waals surface area contributed by atoms with E-state index in [1.807, 2.05) is 24.4 Å². The first kappa shape index (κ1) is 16.0. The van der Waals surface area contributed by atoms with E-state index < -0.39 is 0 Å². The summed E-state index contributed by atoms with van der Waals surface area (Å²) in [5.41, 5.74) is 1.58. The van der Waals surface area contributed by atoms with Crippen molar-refractivity contribution in [2.45, 2.75) is 26.2 Å². The number of aliphatic hydroxyl groups is 1. The van der Waals surface area contributed by atoms with Crippen LogP contribution in [0.25, 0.3) is 5.57 Å². The third-order valence-corrected chi connectivity index (χ3v) is 4.35. The average Bonchev–Trinajstić information content (AvgIpc) is 2.91. The van der Waals surface area contributed by atoms with E-state index in [9.17, 15) is 5.11 Å². The third kappa shape index (κ3) is 3.44. The Morgan fingerprint density at radius 2 is 2.10 bits per heavy atom. The molecule has 0 unspecified atom stereocenters. The Labute approximate surface area is 130 Å². The Morgan fingerprint density at radius 1 is 1.43 bits per heavy atom. The van der Waals surface area contributed by atoms with Crippen LogP contribution in [0.15, 0.2) is 11.1 Å². The highest BCUT2D eigenvalue weighted by Crippen LogP contribution is 2.32. The van der Waals surface area contributed by atoms with Crippen molar-refractivity contribution in [2.24, 2.45) is 0 Å². The molecular weight excluding hydrogens is 284 g/mol. The van der Waals surface area contributed by atoms with Crippen molar-refractivity contribution >= 4 is 22.7 Å². The second kappa shape index (κ2) is 5.77. The quantitative estimate of drug-likeness (QED) is 0.897. The van der Waals surface area contributed by atoms with Gasteiger partial charge in [-0.15, -0.1) is 11.3 Å². The van der Waals surface area contributed by atoms with Gasteiger partial charge in [0.1, 0.15) is 16.6 Å². The average molecular weight is 308 g/mol. The van der Waals surface area contributed by atoms with Crippen molar-refractivity contribution in [1.29, 1.82) is 5.41 Å². The van der Waals surface area contributed by atoms with E-state index in [4.69, 9.17) is 5.41 Å². The molecule has 2 heterocycles. The summed E-state index contributed by atoms with van der Waals surface area (Å²) >= 11 is 1.50. The highest BCUT2D eigenvalue weighted by Gasteiger charge is 2.30. The van der Waals surface area contributed by atoms with Crippen LogP contribution >= 0.6 is 11.3 Å². The molecule has 0 radical (unpaired) electrons. The van der Waals surface area contributed by atoms with E-state index in [0.29, 0.717) is 18.0 Å². The Hall–Kier alpha value is -1.40. The van der Waals surface area contributed by atoms with Crippen molar-refractivity contribution in [3.05, 3.63) is 21.8 Å². The molecule has 0 atom stereocenters. The minimum Gasteiger partial charge on any atom is -0.510 e. The largest absolute Gasteiger partial charge is 0.510 e. The molecule has 0 amide bonds. The van der Waals surface area contributed by atoms with Crippen LogP contribution in [0.1, 0.15) is 31.5 Å². The lowest BCUT2D eigenvalue weighted by Gasteiger charge is -2.20. The lowest BCUT2D eigenvalue weighted by molar-refractivity contribution is 0.313. The molecule has 0 aromatic carbocycles. The van der Waals surface area contributed by atoms with Gasteiger partial charge in [0.2, 0.25) is 0 Å². The first-order chi connectivity index (χ1) is 9.70. The summed E-state index contributed by atoms with van der Waals surface area (Å²) < 4.78 is 0. The van der Waals surface area contributed by atoms with Gasteiger partial charge in [-0.05, 0) is 14.1 Å². The molecule has 1 aromatic heterocycles. The maximum absolute atomic E-state index is 10.2. The van der Waals surface area contributed by atoms with Crippen LogP contribution in [0.2, 0.25) is 0 Å². The summed E-state index contributed by atoms with van der Waals surface area (Å²) in [6, 6.07) is 0. The fourth-order valence-electron chi connectivity index (χ4n) is 2.10. The van der Waals surface area contributed by atoms with Gasteiger partial charge in [-0.3, -0.25) is 5.41 Å². The number of aliphatic hydroxyl groups excluding tert-OH is 1. The number of likely N-dealkylation sites (N-methyl/N-ethyl adjacent to an activating group) is 1. The van der Waals surface area contributed by atoms with Gasteiger partial charge in [0.15, 0.2) is 0 Å². The monoisotopic (exact) mass is 308 g/mol. The summed E-state index contributed by atoms with van der Waals surface area (Å²) in [6.45, 7) is 8.34. The fraction of sp³-hybridized carbons (Fsp3) is 0.600. The smallest absolute Gasteiger partial charge is 0.135 e. The number of hydrogen-bond acceptors (Lipinski definition) is 5. The SMILES string of the molecule is CN(C)CCN1CC(O)=C(c2nc(C(C)(C)C)cs2)C1=N. The normalized spacial score (nSPS) is 16.5. The van der Waals surface area contributed by atoms with Crippen LogP contribution in [-0.4, -0.2) is 59.5 Å². The molecule has 0 saturated heterocycles. The van der Waals surface area contributed by atoms with Crippen LogP contribution in [0.3, 0.4) is 0 Å². The van der Waals surface area contributed by atoms with Gasteiger partial charge >= 0.3 is 0 Å². The Kier molecular flexibility index (Phi) is 4.39. The molecule has 5 nitrogen and oxygen atoms in total. The number of aromatic nitrogens is 1. The Balaban J connectivity index is 2.18. The molecule has 0 spiro atoms. The van der Waals surface area contributed by atoms with Crippen LogP contribution < -0.4 is 0 Å². The molecule has 2 rings (SSSR count). The molecule has 2 N–H and O–H groups in total. The zero-order chi connectivity index (χ0) is 15.8. The van der Waals surface area contributed by atoms with E-state index >= 15 is 0 Å². The second-order valence-corrected chi connectivity index (χ2v) is 7.54. The number of nitrogens with one attached hydrogen (secondary N) is 1. The molecule has 21 heavy (non-hydrogen) atoms. The molecule has 6 heteroatoms. The zero-order valence-corrected chi connectivity index (χ0v) is 14.2. The van der Waals surface area contributed by atoms with Gasteiger partial charge in [-0.25, -0.2) is 4.98 Å². The molecule has 0 aliphatic carbocycles. The molecule has 1 aromatic rings. The van der Waals surface area contributed by atoms with Gasteiger partial charge in [-0.2, -0.15) is 0 Å². The lowest BCUT2D eigenvalue weighted by atomic mass is 9.93. The number of thiazole rings is 1. The predicted molar refractivity (Wildman–Crippen MR) is 88.2 cm³/mol. The zero-order valence-electron chi connectivity index (χ0n) is 13.4. The van der Waals surface area contributed by atoms with Gasteiger partial charge in [0, 0.05) is 23.9 Å². The predicted octanol–water partition coefficient (Wildman–Crippen LogP) is 2.56. The van der Waals surface area contributed by atoms with Crippen molar-refractivity contribution in [2.75, 3.05) is 33.7 Å². The molecule has 0 fully saturated rings. The topological polar surface area (TPSA) is 63.5 Å². The third-order valence-electron chi connectivity index (χ3n) is 3.49. The van der Waals surface area contributed by atoms with Crippen LogP contribution in [0.5, 0.6) is 0 Å². The molecule has 1 aliphatic rings. The van der Waals surface area contributed by atoms with E-state index in [2.05, 4.69) is 30.7 Å². The standard InChI is InChI=1S/C15H24N4OS/c1-15(2,3)11-9-21-14(17-11)12-10(20)8-19(13(12)16)7-6-18(4)5/h9,16,20H,6-8H2,1-5H3. The Morgan fingerprint density at radius 3 is 2.62 bits per heavy atom.